The van der Waals surface area contributed by atoms with Crippen LogP contribution in [0.15, 0.2) is 42.7 Å². The highest BCUT2D eigenvalue weighted by atomic mass is 16.2. The number of rotatable bonds is 5. The number of unbranched alkanes of at least 4 members (excludes halogenated alkanes) is 1. The minimum Gasteiger partial charge on any atom is -0.318 e. The number of anilines is 2. The molecule has 0 aliphatic rings. The number of nitrogens with zero attached hydrogens (tertiary/aromatic N) is 2. The lowest BCUT2D eigenvalue weighted by Crippen LogP contribution is -2.29. The normalized spacial score (nSPS) is 10.0. The molecule has 114 valence electrons. The molecule has 2 amide bonds. The van der Waals surface area contributed by atoms with Gasteiger partial charge in [-0.1, -0.05) is 25.5 Å². The third-order valence-corrected chi connectivity index (χ3v) is 3.03. The molecule has 0 unspecified atom stereocenters. The van der Waals surface area contributed by atoms with Gasteiger partial charge in [0.2, 0.25) is 5.95 Å². The maximum Gasteiger partial charge on any atom is 0.316 e. The van der Waals surface area contributed by atoms with E-state index in [1.165, 1.54) is 18.0 Å². The predicted molar refractivity (Wildman–Crippen MR) is 84.3 cm³/mol. The standard InChI is InChI=1S/C16H18N4O2/c1-2-3-5-12-6-8-13(9-7-12)19-14(21)15(22)20-16-17-10-4-11-18-16/h4,6-11H,2-3,5H2,1H3,(H,19,21)(H,17,18,20,22). The number of aromatic nitrogens is 2. The lowest BCUT2D eigenvalue weighted by Gasteiger charge is -2.06. The summed E-state index contributed by atoms with van der Waals surface area (Å²) >= 11 is 0. The van der Waals surface area contributed by atoms with Crippen molar-refractivity contribution in [3.63, 3.8) is 0 Å². The van der Waals surface area contributed by atoms with Crippen molar-refractivity contribution in [1.29, 1.82) is 0 Å². The molecule has 0 saturated carbocycles. The van der Waals surface area contributed by atoms with Crippen LogP contribution >= 0.6 is 0 Å². The summed E-state index contributed by atoms with van der Waals surface area (Å²) in [6, 6.07) is 9.09. The molecule has 0 aliphatic heterocycles. The average Bonchev–Trinajstić information content (AvgIpc) is 2.55. The average molecular weight is 298 g/mol. The zero-order chi connectivity index (χ0) is 15.8. The van der Waals surface area contributed by atoms with E-state index in [1.807, 2.05) is 12.1 Å². The highest BCUT2D eigenvalue weighted by Crippen LogP contribution is 2.11. The molecule has 0 fully saturated rings. The van der Waals surface area contributed by atoms with Gasteiger partial charge in [0.1, 0.15) is 0 Å². The van der Waals surface area contributed by atoms with Crippen molar-refractivity contribution in [3.8, 4) is 0 Å². The molecule has 1 aromatic heterocycles. The van der Waals surface area contributed by atoms with Crippen molar-refractivity contribution in [2.45, 2.75) is 26.2 Å². The van der Waals surface area contributed by atoms with Crippen molar-refractivity contribution in [2.75, 3.05) is 10.6 Å². The number of carbonyl (C=O) groups is 2. The summed E-state index contributed by atoms with van der Waals surface area (Å²) in [4.78, 5) is 31.2. The van der Waals surface area contributed by atoms with E-state index >= 15 is 0 Å². The molecule has 0 spiro atoms. The van der Waals surface area contributed by atoms with Crippen LogP contribution in [0.4, 0.5) is 11.6 Å². The Kier molecular flexibility index (Phi) is 5.59. The fourth-order valence-electron chi connectivity index (χ4n) is 1.85. The molecule has 1 aromatic carbocycles. The first-order valence-corrected chi connectivity index (χ1v) is 7.17. The monoisotopic (exact) mass is 298 g/mol. The van der Waals surface area contributed by atoms with E-state index in [0.29, 0.717) is 5.69 Å². The van der Waals surface area contributed by atoms with E-state index in [1.54, 1.807) is 18.2 Å². The summed E-state index contributed by atoms with van der Waals surface area (Å²) < 4.78 is 0. The first-order valence-electron chi connectivity index (χ1n) is 7.17. The van der Waals surface area contributed by atoms with Gasteiger partial charge in [0.05, 0.1) is 0 Å². The highest BCUT2D eigenvalue weighted by Gasteiger charge is 2.14. The molecule has 0 atom stereocenters. The fourth-order valence-corrected chi connectivity index (χ4v) is 1.85. The van der Waals surface area contributed by atoms with Crippen LogP contribution in [-0.2, 0) is 16.0 Å². The second-order valence-electron chi connectivity index (χ2n) is 4.78. The van der Waals surface area contributed by atoms with Gasteiger partial charge in [0, 0.05) is 18.1 Å². The second-order valence-corrected chi connectivity index (χ2v) is 4.78. The van der Waals surface area contributed by atoms with E-state index in [9.17, 15) is 9.59 Å². The third-order valence-electron chi connectivity index (χ3n) is 3.03. The van der Waals surface area contributed by atoms with Gasteiger partial charge in [-0.15, -0.1) is 0 Å². The lowest BCUT2D eigenvalue weighted by molar-refractivity contribution is -0.133. The largest absolute Gasteiger partial charge is 0.318 e. The summed E-state index contributed by atoms with van der Waals surface area (Å²) in [5.74, 6) is -1.47. The Hall–Kier alpha value is -2.76. The van der Waals surface area contributed by atoms with Gasteiger partial charge in [-0.3, -0.25) is 14.9 Å². The van der Waals surface area contributed by atoms with Crippen molar-refractivity contribution in [1.82, 2.24) is 9.97 Å². The summed E-state index contributed by atoms with van der Waals surface area (Å²) in [5, 5.41) is 4.87. The molecule has 6 nitrogen and oxygen atoms in total. The number of hydrogen-bond acceptors (Lipinski definition) is 4. The molecule has 0 saturated heterocycles. The van der Waals surface area contributed by atoms with Crippen LogP contribution in [0.5, 0.6) is 0 Å². The quantitative estimate of drug-likeness (QED) is 0.830. The van der Waals surface area contributed by atoms with E-state index < -0.39 is 11.8 Å². The fraction of sp³-hybridized carbons (Fsp3) is 0.250. The zero-order valence-corrected chi connectivity index (χ0v) is 12.4. The van der Waals surface area contributed by atoms with Gasteiger partial charge in [-0.2, -0.15) is 0 Å². The Morgan fingerprint density at radius 3 is 2.27 bits per heavy atom. The van der Waals surface area contributed by atoms with E-state index in [0.717, 1.165) is 19.3 Å². The molecule has 1 heterocycles. The van der Waals surface area contributed by atoms with Crippen LogP contribution in [0.1, 0.15) is 25.3 Å². The van der Waals surface area contributed by atoms with Gasteiger partial charge in [-0.05, 0) is 36.6 Å². The first-order chi connectivity index (χ1) is 10.7. The molecule has 22 heavy (non-hydrogen) atoms. The number of carbonyl (C=O) groups excluding carboxylic acids is 2. The summed E-state index contributed by atoms with van der Waals surface area (Å²) in [5.41, 5.74) is 1.79. The Balaban J connectivity index is 1.89. The van der Waals surface area contributed by atoms with E-state index in [2.05, 4.69) is 27.5 Å². The lowest BCUT2D eigenvalue weighted by atomic mass is 10.1. The Bertz CT molecular complexity index is 626. The summed E-state index contributed by atoms with van der Waals surface area (Å²) in [7, 11) is 0. The maximum atomic E-state index is 11.8. The Morgan fingerprint density at radius 2 is 1.64 bits per heavy atom. The predicted octanol–water partition coefficient (Wildman–Crippen LogP) is 2.40. The van der Waals surface area contributed by atoms with Gasteiger partial charge in [0.15, 0.2) is 0 Å². The highest BCUT2D eigenvalue weighted by molar-refractivity contribution is 6.43. The number of benzene rings is 1. The van der Waals surface area contributed by atoms with Gasteiger partial charge < -0.3 is 5.32 Å². The van der Waals surface area contributed by atoms with Crippen LogP contribution in [0.25, 0.3) is 0 Å². The minimum atomic E-state index is -0.804. The van der Waals surface area contributed by atoms with Gasteiger partial charge in [0.25, 0.3) is 0 Å². The SMILES string of the molecule is CCCCc1ccc(NC(=O)C(=O)Nc2ncccn2)cc1. The van der Waals surface area contributed by atoms with Crippen LogP contribution in [-0.4, -0.2) is 21.8 Å². The Labute approximate surface area is 129 Å². The molecule has 2 aromatic rings. The van der Waals surface area contributed by atoms with Crippen molar-refractivity contribution >= 4 is 23.5 Å². The number of hydrogen-bond donors (Lipinski definition) is 2. The molecule has 2 N–H and O–H groups in total. The third kappa shape index (κ3) is 4.66. The number of aryl methyl sites for hydroxylation is 1. The van der Waals surface area contributed by atoms with Crippen LogP contribution in [0, 0.1) is 0 Å². The van der Waals surface area contributed by atoms with Crippen molar-refractivity contribution in [2.24, 2.45) is 0 Å². The molecule has 2 rings (SSSR count). The maximum absolute atomic E-state index is 11.8. The molecule has 0 radical (unpaired) electrons. The number of nitrogens with one attached hydrogen (secondary N) is 2. The molecule has 6 heteroatoms. The van der Waals surface area contributed by atoms with Crippen molar-refractivity contribution in [3.05, 3.63) is 48.3 Å². The van der Waals surface area contributed by atoms with Crippen LogP contribution in [0.3, 0.4) is 0 Å². The topological polar surface area (TPSA) is 84.0 Å². The van der Waals surface area contributed by atoms with E-state index in [-0.39, 0.29) is 5.95 Å². The zero-order valence-electron chi connectivity index (χ0n) is 12.4. The first kappa shape index (κ1) is 15.6. The Morgan fingerprint density at radius 1 is 1.00 bits per heavy atom. The van der Waals surface area contributed by atoms with E-state index in [4.69, 9.17) is 0 Å². The molecular weight excluding hydrogens is 280 g/mol. The smallest absolute Gasteiger partial charge is 0.316 e. The molecular formula is C16H18N4O2. The molecule has 0 bridgehead atoms. The second kappa shape index (κ2) is 7.87. The molecule has 0 aliphatic carbocycles. The number of amides is 2. The van der Waals surface area contributed by atoms with Crippen molar-refractivity contribution < 1.29 is 9.59 Å². The van der Waals surface area contributed by atoms with Crippen LogP contribution < -0.4 is 10.6 Å². The van der Waals surface area contributed by atoms with Gasteiger partial charge in [-0.25, -0.2) is 9.97 Å². The summed E-state index contributed by atoms with van der Waals surface area (Å²) in [6.45, 7) is 2.14. The summed E-state index contributed by atoms with van der Waals surface area (Å²) in [6.07, 6.45) is 6.24. The van der Waals surface area contributed by atoms with Crippen LogP contribution in [0.2, 0.25) is 0 Å². The van der Waals surface area contributed by atoms with Gasteiger partial charge >= 0.3 is 11.8 Å². The minimum absolute atomic E-state index is 0.0950.